The van der Waals surface area contributed by atoms with Gasteiger partial charge in [-0.05, 0) is 56.3 Å². The summed E-state index contributed by atoms with van der Waals surface area (Å²) < 4.78 is 0. The molecule has 8 heteroatoms. The van der Waals surface area contributed by atoms with Crippen molar-refractivity contribution >= 4 is 29.5 Å². The summed E-state index contributed by atoms with van der Waals surface area (Å²) in [6.45, 7) is 6.53. The highest BCUT2D eigenvalue weighted by molar-refractivity contribution is 7.99. The first-order valence-corrected chi connectivity index (χ1v) is 13.8. The lowest BCUT2D eigenvalue weighted by Crippen LogP contribution is -2.52. The van der Waals surface area contributed by atoms with Crippen LogP contribution in [0.1, 0.15) is 67.3 Å². The Balaban J connectivity index is 1.14. The smallest absolute Gasteiger partial charge is 0.255 e. The van der Waals surface area contributed by atoms with E-state index in [9.17, 15) is 14.4 Å². The summed E-state index contributed by atoms with van der Waals surface area (Å²) in [6, 6.07) is 5.33. The summed E-state index contributed by atoms with van der Waals surface area (Å²) in [5, 5.41) is 2.37. The third-order valence-electron chi connectivity index (χ3n) is 7.26. The minimum absolute atomic E-state index is 0.0940. The molecule has 186 valence electrons. The fraction of sp³-hybridized carbons (Fsp3) is 0.654. The first-order chi connectivity index (χ1) is 16.5. The van der Waals surface area contributed by atoms with Crippen molar-refractivity contribution in [3.05, 3.63) is 29.3 Å². The number of rotatable bonds is 11. The Hall–Kier alpha value is -1.90. The number of piperidine rings is 1. The van der Waals surface area contributed by atoms with Gasteiger partial charge in [0.25, 0.3) is 5.91 Å². The number of likely N-dealkylation sites (N-methyl/N-ethyl adjacent to an activating group) is 1. The molecule has 0 aromatic heterocycles. The van der Waals surface area contributed by atoms with Gasteiger partial charge in [0.2, 0.25) is 11.8 Å². The summed E-state index contributed by atoms with van der Waals surface area (Å²) in [5.41, 5.74) is 1.74. The first-order valence-electron chi connectivity index (χ1n) is 12.8. The van der Waals surface area contributed by atoms with E-state index >= 15 is 0 Å². The Kier molecular flexibility index (Phi) is 9.03. The average molecular weight is 487 g/mol. The summed E-state index contributed by atoms with van der Waals surface area (Å²) in [6.07, 6.45) is 8.36. The van der Waals surface area contributed by atoms with Crippen LogP contribution in [0.4, 0.5) is 0 Å². The fourth-order valence-electron chi connectivity index (χ4n) is 5.09. The fourth-order valence-corrected chi connectivity index (χ4v) is 6.18. The summed E-state index contributed by atoms with van der Waals surface area (Å²) >= 11 is 1.82. The number of imide groups is 1. The number of unbranched alkanes of at least 4 members (excludes halogenated alkanes) is 5. The third-order valence-corrected chi connectivity index (χ3v) is 8.45. The average Bonchev–Trinajstić information content (AvgIpc) is 3.16. The van der Waals surface area contributed by atoms with Gasteiger partial charge in [0.05, 0.1) is 0 Å². The Morgan fingerprint density at radius 1 is 0.971 bits per heavy atom. The van der Waals surface area contributed by atoms with E-state index in [1.807, 2.05) is 23.9 Å². The standard InChI is InChI=1S/C26H38N4O3S/c1-28-14-16-29(17-15-28)13-6-4-2-3-5-7-18-34-23-10-8-9-20-21(23)19-30(26(20)33)22-11-12-24(31)27-25(22)32/h8-10,22H,2-7,11-19H2,1H3,(H,27,31,32). The second-order valence-corrected chi connectivity index (χ2v) is 10.9. The normalized spacial score (nSPS) is 21.7. The Bertz CT molecular complexity index is 885. The molecule has 1 unspecified atom stereocenters. The van der Waals surface area contributed by atoms with Crippen LogP contribution in [-0.2, 0) is 16.1 Å². The van der Waals surface area contributed by atoms with E-state index in [2.05, 4.69) is 28.2 Å². The summed E-state index contributed by atoms with van der Waals surface area (Å²) in [5.74, 6) is 0.347. The highest BCUT2D eigenvalue weighted by Gasteiger charge is 2.39. The molecule has 7 nitrogen and oxygen atoms in total. The van der Waals surface area contributed by atoms with E-state index < -0.39 is 6.04 Å². The number of fused-ring (bicyclic) bond motifs is 1. The molecule has 4 rings (SSSR count). The molecule has 2 saturated heterocycles. The molecule has 3 aliphatic heterocycles. The van der Waals surface area contributed by atoms with E-state index in [0.717, 1.165) is 16.2 Å². The minimum Gasteiger partial charge on any atom is -0.322 e. The lowest BCUT2D eigenvalue weighted by molar-refractivity contribution is -0.136. The number of hydrogen-bond acceptors (Lipinski definition) is 6. The highest BCUT2D eigenvalue weighted by atomic mass is 32.2. The van der Waals surface area contributed by atoms with Crippen LogP contribution >= 0.6 is 11.8 Å². The number of nitrogens with zero attached hydrogens (tertiary/aromatic N) is 3. The molecule has 0 aliphatic carbocycles. The van der Waals surface area contributed by atoms with E-state index in [-0.39, 0.29) is 24.1 Å². The monoisotopic (exact) mass is 486 g/mol. The number of nitrogens with one attached hydrogen (secondary N) is 1. The highest BCUT2D eigenvalue weighted by Crippen LogP contribution is 2.34. The number of hydrogen-bond donors (Lipinski definition) is 1. The molecule has 3 amide bonds. The van der Waals surface area contributed by atoms with Crippen molar-refractivity contribution in [3.63, 3.8) is 0 Å². The van der Waals surface area contributed by atoms with Gasteiger partial charge in [-0.1, -0.05) is 31.7 Å². The lowest BCUT2D eigenvalue weighted by atomic mass is 10.0. The zero-order chi connectivity index (χ0) is 23.9. The number of carbonyl (C=O) groups excluding carboxylic acids is 3. The van der Waals surface area contributed by atoms with Crippen LogP contribution in [-0.4, -0.2) is 84.0 Å². The number of thioether (sulfide) groups is 1. The number of benzene rings is 1. The molecule has 1 aromatic carbocycles. The van der Waals surface area contributed by atoms with Gasteiger partial charge in [-0.25, -0.2) is 0 Å². The van der Waals surface area contributed by atoms with E-state index in [0.29, 0.717) is 18.5 Å². The maximum absolute atomic E-state index is 12.9. The van der Waals surface area contributed by atoms with Crippen molar-refractivity contribution in [3.8, 4) is 0 Å². The molecule has 1 N–H and O–H groups in total. The molecule has 0 spiro atoms. The first kappa shape index (κ1) is 25.2. The molecule has 3 aliphatic rings. The van der Waals surface area contributed by atoms with Crippen molar-refractivity contribution in [2.45, 2.75) is 68.8 Å². The van der Waals surface area contributed by atoms with Gasteiger partial charge in [0.1, 0.15) is 6.04 Å². The lowest BCUT2D eigenvalue weighted by Gasteiger charge is -2.32. The quantitative estimate of drug-likeness (QED) is 0.294. The molecular weight excluding hydrogens is 448 g/mol. The van der Waals surface area contributed by atoms with Crippen LogP contribution < -0.4 is 5.32 Å². The van der Waals surface area contributed by atoms with E-state index in [1.165, 1.54) is 71.2 Å². The summed E-state index contributed by atoms with van der Waals surface area (Å²) in [4.78, 5) is 44.5. The maximum Gasteiger partial charge on any atom is 0.255 e. The Morgan fingerprint density at radius 3 is 2.47 bits per heavy atom. The van der Waals surface area contributed by atoms with Gasteiger partial charge < -0.3 is 14.7 Å². The molecule has 1 aromatic rings. The second kappa shape index (κ2) is 12.2. The van der Waals surface area contributed by atoms with Crippen LogP contribution in [0.2, 0.25) is 0 Å². The molecule has 1 atom stereocenters. The molecule has 0 radical (unpaired) electrons. The van der Waals surface area contributed by atoms with Crippen molar-refractivity contribution < 1.29 is 14.4 Å². The molecular formula is C26H38N4O3S. The second-order valence-electron chi connectivity index (χ2n) is 9.80. The minimum atomic E-state index is -0.549. The van der Waals surface area contributed by atoms with Gasteiger partial charge in [-0.2, -0.15) is 0 Å². The van der Waals surface area contributed by atoms with Gasteiger partial charge in [-0.3, -0.25) is 19.7 Å². The molecule has 0 saturated carbocycles. The Labute approximate surface area is 207 Å². The SMILES string of the molecule is CN1CCN(CCCCCCCCSc2cccc3c2CN(C2CCC(=O)NC2=O)C3=O)CC1. The predicted octanol–water partition coefficient (Wildman–Crippen LogP) is 3.13. The van der Waals surface area contributed by atoms with Crippen molar-refractivity contribution in [1.29, 1.82) is 0 Å². The van der Waals surface area contributed by atoms with Crippen LogP contribution in [0, 0.1) is 0 Å². The van der Waals surface area contributed by atoms with E-state index in [4.69, 9.17) is 0 Å². The van der Waals surface area contributed by atoms with Crippen LogP contribution in [0.15, 0.2) is 23.1 Å². The van der Waals surface area contributed by atoms with Gasteiger partial charge >= 0.3 is 0 Å². The van der Waals surface area contributed by atoms with Crippen molar-refractivity contribution in [2.75, 3.05) is 45.5 Å². The number of amides is 3. The molecule has 3 heterocycles. The van der Waals surface area contributed by atoms with Gasteiger partial charge in [-0.15, -0.1) is 11.8 Å². The van der Waals surface area contributed by atoms with Crippen LogP contribution in [0.3, 0.4) is 0 Å². The van der Waals surface area contributed by atoms with Crippen molar-refractivity contribution in [1.82, 2.24) is 20.0 Å². The van der Waals surface area contributed by atoms with Crippen LogP contribution in [0.25, 0.3) is 0 Å². The Morgan fingerprint density at radius 2 is 1.71 bits per heavy atom. The number of piperazine rings is 1. The largest absolute Gasteiger partial charge is 0.322 e. The third kappa shape index (κ3) is 6.40. The molecule has 0 bridgehead atoms. The van der Waals surface area contributed by atoms with Crippen molar-refractivity contribution in [2.24, 2.45) is 0 Å². The molecule has 2 fully saturated rings. The topological polar surface area (TPSA) is 73.0 Å². The molecule has 34 heavy (non-hydrogen) atoms. The zero-order valence-corrected chi connectivity index (χ0v) is 21.2. The summed E-state index contributed by atoms with van der Waals surface area (Å²) in [7, 11) is 2.20. The van der Waals surface area contributed by atoms with E-state index in [1.54, 1.807) is 4.90 Å². The van der Waals surface area contributed by atoms with Gasteiger partial charge in [0.15, 0.2) is 0 Å². The number of carbonyl (C=O) groups is 3. The van der Waals surface area contributed by atoms with Gasteiger partial charge in [0, 0.05) is 49.6 Å². The van der Waals surface area contributed by atoms with Crippen LogP contribution in [0.5, 0.6) is 0 Å². The maximum atomic E-state index is 12.9. The zero-order valence-electron chi connectivity index (χ0n) is 20.4. The predicted molar refractivity (Wildman–Crippen MR) is 135 cm³/mol.